The topological polar surface area (TPSA) is 58.0 Å². The zero-order valence-electron chi connectivity index (χ0n) is 10.5. The molecule has 0 bridgehead atoms. The molecule has 0 aliphatic heterocycles. The van der Waals surface area contributed by atoms with Crippen LogP contribution < -0.4 is 5.32 Å². The summed E-state index contributed by atoms with van der Waals surface area (Å²) >= 11 is 0. The standard InChI is InChI=1S/C14H17N3O/c1-10-13(15-8-14(9-18)6-7-14)17-12-5-3-2-4-11(12)16-10/h2-5,18H,6-9H2,1H3,(H,15,17). The average molecular weight is 243 g/mol. The zero-order valence-corrected chi connectivity index (χ0v) is 10.5. The van der Waals surface area contributed by atoms with E-state index in [0.717, 1.165) is 41.9 Å². The van der Waals surface area contributed by atoms with Crippen LogP contribution in [0.5, 0.6) is 0 Å². The van der Waals surface area contributed by atoms with E-state index in [4.69, 9.17) is 0 Å². The number of nitrogens with zero attached hydrogens (tertiary/aromatic N) is 2. The summed E-state index contributed by atoms with van der Waals surface area (Å²) in [4.78, 5) is 9.12. The molecule has 4 heteroatoms. The van der Waals surface area contributed by atoms with Gasteiger partial charge in [0.25, 0.3) is 0 Å². The van der Waals surface area contributed by atoms with Gasteiger partial charge in [-0.2, -0.15) is 0 Å². The predicted molar refractivity (Wildman–Crippen MR) is 71.5 cm³/mol. The molecule has 0 radical (unpaired) electrons. The van der Waals surface area contributed by atoms with E-state index in [0.29, 0.717) is 0 Å². The lowest BCUT2D eigenvalue weighted by Gasteiger charge is -2.14. The highest BCUT2D eigenvalue weighted by molar-refractivity contribution is 5.76. The lowest BCUT2D eigenvalue weighted by Crippen LogP contribution is -2.20. The van der Waals surface area contributed by atoms with E-state index in [2.05, 4.69) is 15.3 Å². The minimum atomic E-state index is 0.0831. The molecule has 1 aliphatic rings. The maximum absolute atomic E-state index is 9.30. The highest BCUT2D eigenvalue weighted by Gasteiger charge is 2.41. The van der Waals surface area contributed by atoms with Crippen molar-refractivity contribution in [3.8, 4) is 0 Å². The molecule has 1 aliphatic carbocycles. The van der Waals surface area contributed by atoms with Gasteiger partial charge in [0, 0.05) is 12.0 Å². The van der Waals surface area contributed by atoms with Crippen molar-refractivity contribution >= 4 is 16.9 Å². The Hall–Kier alpha value is -1.68. The summed E-state index contributed by atoms with van der Waals surface area (Å²) in [5, 5.41) is 12.6. The fraction of sp³-hybridized carbons (Fsp3) is 0.429. The van der Waals surface area contributed by atoms with Gasteiger partial charge in [-0.05, 0) is 31.9 Å². The van der Waals surface area contributed by atoms with E-state index >= 15 is 0 Å². The van der Waals surface area contributed by atoms with Crippen molar-refractivity contribution in [2.75, 3.05) is 18.5 Å². The van der Waals surface area contributed by atoms with E-state index in [9.17, 15) is 5.11 Å². The van der Waals surface area contributed by atoms with Crippen LogP contribution in [-0.2, 0) is 0 Å². The Morgan fingerprint density at radius 3 is 2.50 bits per heavy atom. The van der Waals surface area contributed by atoms with E-state index in [1.807, 2.05) is 31.2 Å². The quantitative estimate of drug-likeness (QED) is 0.863. The summed E-state index contributed by atoms with van der Waals surface area (Å²) in [6, 6.07) is 7.86. The Labute approximate surface area is 106 Å². The number of aryl methyl sites for hydroxylation is 1. The Morgan fingerprint density at radius 2 is 1.89 bits per heavy atom. The fourth-order valence-corrected chi connectivity index (χ4v) is 2.09. The first kappa shape index (κ1) is 11.4. The normalized spacial score (nSPS) is 16.8. The van der Waals surface area contributed by atoms with Crippen LogP contribution in [0.15, 0.2) is 24.3 Å². The summed E-state index contributed by atoms with van der Waals surface area (Å²) in [5.41, 5.74) is 2.81. The van der Waals surface area contributed by atoms with Gasteiger partial charge in [0.15, 0.2) is 0 Å². The number of anilines is 1. The Morgan fingerprint density at radius 1 is 1.22 bits per heavy atom. The average Bonchev–Trinajstić information content (AvgIpc) is 3.17. The highest BCUT2D eigenvalue weighted by atomic mass is 16.3. The fourth-order valence-electron chi connectivity index (χ4n) is 2.09. The molecule has 18 heavy (non-hydrogen) atoms. The smallest absolute Gasteiger partial charge is 0.148 e. The Balaban J connectivity index is 1.85. The predicted octanol–water partition coefficient (Wildman–Crippen LogP) is 2.12. The van der Waals surface area contributed by atoms with Crippen molar-refractivity contribution in [2.45, 2.75) is 19.8 Å². The van der Waals surface area contributed by atoms with Crippen LogP contribution >= 0.6 is 0 Å². The summed E-state index contributed by atoms with van der Waals surface area (Å²) in [5.74, 6) is 0.827. The van der Waals surface area contributed by atoms with Crippen molar-refractivity contribution < 1.29 is 5.11 Å². The molecule has 94 valence electrons. The first-order valence-corrected chi connectivity index (χ1v) is 6.31. The molecular weight excluding hydrogens is 226 g/mol. The monoisotopic (exact) mass is 243 g/mol. The summed E-state index contributed by atoms with van der Waals surface area (Å²) in [7, 11) is 0. The highest BCUT2D eigenvalue weighted by Crippen LogP contribution is 2.44. The van der Waals surface area contributed by atoms with E-state index in [-0.39, 0.29) is 12.0 Å². The number of nitrogens with one attached hydrogen (secondary N) is 1. The molecule has 0 spiro atoms. The van der Waals surface area contributed by atoms with Gasteiger partial charge in [-0.1, -0.05) is 12.1 Å². The second-order valence-corrected chi connectivity index (χ2v) is 5.16. The molecule has 1 heterocycles. The third-order valence-electron chi connectivity index (χ3n) is 3.67. The van der Waals surface area contributed by atoms with E-state index < -0.39 is 0 Å². The van der Waals surface area contributed by atoms with Crippen molar-refractivity contribution in [1.29, 1.82) is 0 Å². The molecule has 0 amide bonds. The minimum absolute atomic E-state index is 0.0831. The molecule has 0 saturated heterocycles. The summed E-state index contributed by atoms with van der Waals surface area (Å²) in [6.07, 6.45) is 2.19. The molecule has 1 aromatic carbocycles. The molecule has 4 nitrogen and oxygen atoms in total. The maximum Gasteiger partial charge on any atom is 0.148 e. The van der Waals surface area contributed by atoms with Gasteiger partial charge in [-0.3, -0.25) is 0 Å². The Kier molecular flexibility index (Phi) is 2.67. The lowest BCUT2D eigenvalue weighted by atomic mass is 10.1. The number of aliphatic hydroxyl groups excluding tert-OH is 1. The number of hydrogen-bond acceptors (Lipinski definition) is 4. The third kappa shape index (κ3) is 2.04. The second kappa shape index (κ2) is 4.21. The molecule has 1 saturated carbocycles. The molecule has 1 aromatic heterocycles. The summed E-state index contributed by atoms with van der Waals surface area (Å²) in [6.45, 7) is 2.98. The summed E-state index contributed by atoms with van der Waals surface area (Å²) < 4.78 is 0. The molecule has 2 aromatic rings. The van der Waals surface area contributed by atoms with Gasteiger partial charge in [-0.25, -0.2) is 9.97 Å². The Bertz CT molecular complexity index is 578. The van der Waals surface area contributed by atoms with Gasteiger partial charge in [0.1, 0.15) is 5.82 Å². The van der Waals surface area contributed by atoms with Crippen LogP contribution in [0.2, 0.25) is 0 Å². The number of rotatable bonds is 4. The molecular formula is C14H17N3O. The largest absolute Gasteiger partial charge is 0.396 e. The zero-order chi connectivity index (χ0) is 12.6. The van der Waals surface area contributed by atoms with Crippen molar-refractivity contribution in [2.24, 2.45) is 5.41 Å². The first-order chi connectivity index (χ1) is 8.72. The van der Waals surface area contributed by atoms with Crippen LogP contribution in [0.1, 0.15) is 18.5 Å². The van der Waals surface area contributed by atoms with E-state index in [1.165, 1.54) is 0 Å². The van der Waals surface area contributed by atoms with Gasteiger partial charge < -0.3 is 10.4 Å². The number of fused-ring (bicyclic) bond motifs is 1. The van der Waals surface area contributed by atoms with Crippen molar-refractivity contribution in [3.05, 3.63) is 30.0 Å². The number of aromatic nitrogens is 2. The van der Waals surface area contributed by atoms with Gasteiger partial charge in [0.2, 0.25) is 0 Å². The maximum atomic E-state index is 9.30. The van der Waals surface area contributed by atoms with Crippen LogP contribution in [0.3, 0.4) is 0 Å². The number of aliphatic hydroxyl groups is 1. The van der Waals surface area contributed by atoms with Crippen molar-refractivity contribution in [1.82, 2.24) is 9.97 Å². The molecule has 0 atom stereocenters. The van der Waals surface area contributed by atoms with Gasteiger partial charge in [0.05, 0.1) is 23.3 Å². The first-order valence-electron chi connectivity index (χ1n) is 6.31. The molecule has 1 fully saturated rings. The number of para-hydroxylation sites is 2. The van der Waals surface area contributed by atoms with Crippen LogP contribution in [0.4, 0.5) is 5.82 Å². The lowest BCUT2D eigenvalue weighted by molar-refractivity contribution is 0.219. The van der Waals surface area contributed by atoms with E-state index in [1.54, 1.807) is 0 Å². The third-order valence-corrected chi connectivity index (χ3v) is 3.67. The number of hydrogen-bond donors (Lipinski definition) is 2. The van der Waals surface area contributed by atoms with Crippen LogP contribution in [0, 0.1) is 12.3 Å². The van der Waals surface area contributed by atoms with Gasteiger partial charge >= 0.3 is 0 Å². The molecule has 0 unspecified atom stereocenters. The SMILES string of the molecule is Cc1nc2ccccc2nc1NCC1(CO)CC1. The molecule has 2 N–H and O–H groups in total. The minimum Gasteiger partial charge on any atom is -0.396 e. The van der Waals surface area contributed by atoms with Gasteiger partial charge in [-0.15, -0.1) is 0 Å². The molecule has 3 rings (SSSR count). The number of benzene rings is 1. The van der Waals surface area contributed by atoms with Crippen molar-refractivity contribution in [3.63, 3.8) is 0 Å². The van der Waals surface area contributed by atoms with Crippen LogP contribution in [0.25, 0.3) is 11.0 Å². The van der Waals surface area contributed by atoms with Crippen LogP contribution in [-0.4, -0.2) is 28.2 Å². The second-order valence-electron chi connectivity index (χ2n) is 5.16.